The topological polar surface area (TPSA) is 68.0 Å². The van der Waals surface area contributed by atoms with Crippen molar-refractivity contribution in [3.8, 4) is 0 Å². The summed E-state index contributed by atoms with van der Waals surface area (Å²) in [4.78, 5) is 17.2. The van der Waals surface area contributed by atoms with Gasteiger partial charge in [-0.3, -0.25) is 4.79 Å². The highest BCUT2D eigenvalue weighted by atomic mass is 16.5. The maximum absolute atomic E-state index is 12.7. The van der Waals surface area contributed by atoms with Gasteiger partial charge >= 0.3 is 0 Å². The van der Waals surface area contributed by atoms with E-state index >= 15 is 0 Å². The minimum absolute atomic E-state index is 0.142. The van der Waals surface area contributed by atoms with Crippen LogP contribution in [0.3, 0.4) is 0 Å². The van der Waals surface area contributed by atoms with Gasteiger partial charge in [0.25, 0.3) is 11.6 Å². The lowest BCUT2D eigenvalue weighted by atomic mass is 10.0. The van der Waals surface area contributed by atoms with Crippen molar-refractivity contribution in [2.24, 2.45) is 0 Å². The number of nitrogens with zero attached hydrogens (tertiary/aromatic N) is 2. The highest BCUT2D eigenvalue weighted by Crippen LogP contribution is 2.25. The Bertz CT molecular complexity index is 880. The van der Waals surface area contributed by atoms with Crippen molar-refractivity contribution in [3.05, 3.63) is 58.4 Å². The molecule has 0 radical (unpaired) electrons. The predicted molar refractivity (Wildman–Crippen MR) is 93.0 cm³/mol. The van der Waals surface area contributed by atoms with Gasteiger partial charge in [0, 0.05) is 12.2 Å². The number of hydrogen-bond acceptors (Lipinski definition) is 4. The fraction of sp³-hybridized carbons (Fsp3) is 0.316. The van der Waals surface area contributed by atoms with E-state index in [1.54, 1.807) is 0 Å². The van der Waals surface area contributed by atoms with Gasteiger partial charge in [-0.05, 0) is 31.4 Å². The van der Waals surface area contributed by atoms with Crippen LogP contribution in [0.2, 0.25) is 0 Å². The molecular weight excluding hydrogens is 302 g/mol. The third kappa shape index (κ3) is 3.15. The van der Waals surface area contributed by atoms with Crippen LogP contribution in [-0.2, 0) is 6.54 Å². The van der Waals surface area contributed by atoms with Gasteiger partial charge in [-0.1, -0.05) is 48.8 Å². The molecule has 0 spiro atoms. The van der Waals surface area contributed by atoms with Crippen LogP contribution in [0.4, 0.5) is 0 Å². The molecule has 3 rings (SSSR count). The third-order valence-corrected chi connectivity index (χ3v) is 4.05. The lowest BCUT2D eigenvalue weighted by molar-refractivity contribution is 0.0952. The number of aryl methyl sites for hydroxylation is 2. The van der Waals surface area contributed by atoms with Gasteiger partial charge in [0.05, 0.1) is 16.6 Å². The highest BCUT2D eigenvalue weighted by molar-refractivity contribution is 6.06. The Hall–Kier alpha value is -2.69. The van der Waals surface area contributed by atoms with E-state index in [1.807, 2.05) is 58.0 Å². The monoisotopic (exact) mass is 323 g/mol. The van der Waals surface area contributed by atoms with Crippen LogP contribution in [0.25, 0.3) is 11.1 Å². The summed E-state index contributed by atoms with van der Waals surface area (Å²) >= 11 is 0. The van der Waals surface area contributed by atoms with Gasteiger partial charge in [0.15, 0.2) is 0 Å². The van der Waals surface area contributed by atoms with Gasteiger partial charge in [0.2, 0.25) is 0 Å². The number of carbonyl (C=O) groups is 1. The molecule has 124 valence electrons. The first kappa shape index (κ1) is 16.2. The Labute approximate surface area is 141 Å². The number of carbonyl (C=O) groups excluding carboxylic acids is 1. The maximum atomic E-state index is 12.7. The lowest BCUT2D eigenvalue weighted by Gasteiger charge is -2.10. The van der Waals surface area contributed by atoms with Crippen LogP contribution in [-0.4, -0.2) is 16.0 Å². The Kier molecular flexibility index (Phi) is 4.34. The number of amides is 1. The lowest BCUT2D eigenvalue weighted by Crippen LogP contribution is -2.23. The molecule has 0 aliphatic rings. The number of hydrogen-bond donors (Lipinski definition) is 1. The number of fused-ring (bicyclic) bond motifs is 1. The first-order chi connectivity index (χ1) is 11.5. The smallest absolute Gasteiger partial charge is 0.259 e. The minimum atomic E-state index is -0.142. The van der Waals surface area contributed by atoms with Crippen LogP contribution < -0.4 is 5.32 Å². The van der Waals surface area contributed by atoms with E-state index in [-0.39, 0.29) is 11.8 Å². The molecule has 0 unspecified atom stereocenters. The number of pyridine rings is 1. The largest absolute Gasteiger partial charge is 0.348 e. The summed E-state index contributed by atoms with van der Waals surface area (Å²) in [7, 11) is 0. The second-order valence-electron chi connectivity index (χ2n) is 6.37. The summed E-state index contributed by atoms with van der Waals surface area (Å²) in [5.41, 5.74) is 4.73. The normalized spacial score (nSPS) is 11.2. The first-order valence-electron chi connectivity index (χ1n) is 8.06. The maximum Gasteiger partial charge on any atom is 0.259 e. The standard InChI is InChI=1S/C19H21N3O2/c1-11(2)16-9-15(17-13(4)22-24-19(17)21-16)18(23)20-10-14-7-5-12(3)6-8-14/h5-9,11H,10H2,1-4H3,(H,20,23). The molecule has 0 fully saturated rings. The molecule has 5 heteroatoms. The first-order valence-corrected chi connectivity index (χ1v) is 8.06. The minimum Gasteiger partial charge on any atom is -0.348 e. The van der Waals surface area contributed by atoms with E-state index in [4.69, 9.17) is 4.52 Å². The van der Waals surface area contributed by atoms with E-state index in [0.717, 1.165) is 11.3 Å². The SMILES string of the molecule is Cc1ccc(CNC(=O)c2cc(C(C)C)nc3onc(C)c23)cc1. The van der Waals surface area contributed by atoms with Crippen molar-refractivity contribution in [2.75, 3.05) is 0 Å². The van der Waals surface area contributed by atoms with Crippen LogP contribution in [0.5, 0.6) is 0 Å². The summed E-state index contributed by atoms with van der Waals surface area (Å²) in [5, 5.41) is 7.60. The fourth-order valence-corrected chi connectivity index (χ4v) is 2.57. The Morgan fingerprint density at radius 3 is 2.58 bits per heavy atom. The van der Waals surface area contributed by atoms with Gasteiger partial charge in [-0.25, -0.2) is 4.98 Å². The van der Waals surface area contributed by atoms with Gasteiger partial charge < -0.3 is 9.84 Å². The second kappa shape index (κ2) is 6.43. The summed E-state index contributed by atoms with van der Waals surface area (Å²) in [6.45, 7) is 8.40. The Morgan fingerprint density at radius 2 is 1.92 bits per heavy atom. The summed E-state index contributed by atoms with van der Waals surface area (Å²) in [6.07, 6.45) is 0. The number of aromatic nitrogens is 2. The zero-order chi connectivity index (χ0) is 17.3. The molecule has 0 saturated carbocycles. The van der Waals surface area contributed by atoms with E-state index in [0.29, 0.717) is 28.9 Å². The average molecular weight is 323 g/mol. The molecule has 0 saturated heterocycles. The molecular formula is C19H21N3O2. The van der Waals surface area contributed by atoms with E-state index in [2.05, 4.69) is 15.5 Å². The van der Waals surface area contributed by atoms with Crippen molar-refractivity contribution in [1.82, 2.24) is 15.5 Å². The molecule has 1 aromatic carbocycles. The average Bonchev–Trinajstić information content (AvgIpc) is 2.94. The van der Waals surface area contributed by atoms with Gasteiger partial charge in [-0.15, -0.1) is 0 Å². The van der Waals surface area contributed by atoms with Crippen molar-refractivity contribution in [3.63, 3.8) is 0 Å². The quantitative estimate of drug-likeness (QED) is 0.791. The molecule has 0 aliphatic heterocycles. The molecule has 0 atom stereocenters. The molecule has 0 bridgehead atoms. The number of rotatable bonds is 4. The van der Waals surface area contributed by atoms with Crippen molar-refractivity contribution >= 4 is 17.0 Å². The predicted octanol–water partition coefficient (Wildman–Crippen LogP) is 3.89. The molecule has 2 aromatic heterocycles. The second-order valence-corrected chi connectivity index (χ2v) is 6.37. The van der Waals surface area contributed by atoms with Gasteiger partial charge in [-0.2, -0.15) is 0 Å². The molecule has 2 heterocycles. The van der Waals surface area contributed by atoms with Crippen LogP contribution in [0.15, 0.2) is 34.9 Å². The zero-order valence-electron chi connectivity index (χ0n) is 14.4. The van der Waals surface area contributed by atoms with E-state index in [9.17, 15) is 4.79 Å². The third-order valence-electron chi connectivity index (χ3n) is 4.05. The van der Waals surface area contributed by atoms with Crippen molar-refractivity contribution in [1.29, 1.82) is 0 Å². The van der Waals surface area contributed by atoms with Gasteiger partial charge in [0.1, 0.15) is 0 Å². The summed E-state index contributed by atoms with van der Waals surface area (Å²) in [6, 6.07) is 9.94. The molecule has 24 heavy (non-hydrogen) atoms. The number of nitrogens with one attached hydrogen (secondary N) is 1. The van der Waals surface area contributed by atoms with E-state index in [1.165, 1.54) is 5.56 Å². The van der Waals surface area contributed by atoms with Crippen LogP contribution in [0, 0.1) is 13.8 Å². The van der Waals surface area contributed by atoms with Crippen LogP contribution in [0.1, 0.15) is 52.6 Å². The van der Waals surface area contributed by atoms with Crippen molar-refractivity contribution in [2.45, 2.75) is 40.2 Å². The summed E-state index contributed by atoms with van der Waals surface area (Å²) in [5.74, 6) is 0.0552. The van der Waals surface area contributed by atoms with Crippen LogP contribution >= 0.6 is 0 Å². The van der Waals surface area contributed by atoms with Crippen molar-refractivity contribution < 1.29 is 9.32 Å². The molecule has 1 N–H and O–H groups in total. The summed E-state index contributed by atoms with van der Waals surface area (Å²) < 4.78 is 5.27. The Balaban J connectivity index is 1.90. The molecule has 5 nitrogen and oxygen atoms in total. The van der Waals surface area contributed by atoms with E-state index < -0.39 is 0 Å². The fourth-order valence-electron chi connectivity index (χ4n) is 2.57. The highest BCUT2D eigenvalue weighted by Gasteiger charge is 2.19. The molecule has 3 aromatic rings. The zero-order valence-corrected chi connectivity index (χ0v) is 14.4. The number of benzene rings is 1. The molecule has 0 aliphatic carbocycles. The Morgan fingerprint density at radius 1 is 1.21 bits per heavy atom. The molecule has 1 amide bonds.